The summed E-state index contributed by atoms with van der Waals surface area (Å²) in [6, 6.07) is -2.57. The van der Waals surface area contributed by atoms with Gasteiger partial charge in [-0.15, -0.1) is 0 Å². The van der Waals surface area contributed by atoms with Crippen molar-refractivity contribution in [3.63, 3.8) is 0 Å². The lowest BCUT2D eigenvalue weighted by atomic mass is 10.0. The number of Topliss-reactive ketones (excluding diaryl/α,β-unsaturated/α-hetero) is 2. The van der Waals surface area contributed by atoms with Crippen molar-refractivity contribution in [3.8, 4) is 0 Å². The highest BCUT2D eigenvalue weighted by molar-refractivity contribution is 5.95. The molecule has 0 bridgehead atoms. The molecule has 0 radical (unpaired) electrons. The van der Waals surface area contributed by atoms with E-state index < -0.39 is 24.2 Å². The van der Waals surface area contributed by atoms with Gasteiger partial charge < -0.3 is 36.1 Å². The average molecular weight is 544 g/mol. The van der Waals surface area contributed by atoms with Crippen LogP contribution in [0.5, 0.6) is 0 Å². The van der Waals surface area contributed by atoms with E-state index in [-0.39, 0.29) is 54.8 Å². The van der Waals surface area contributed by atoms with Crippen LogP contribution in [-0.4, -0.2) is 109 Å². The molecule has 2 saturated heterocycles. The molecular weight excluding hydrogens is 510 g/mol. The van der Waals surface area contributed by atoms with Crippen molar-refractivity contribution in [2.24, 2.45) is 5.73 Å². The summed E-state index contributed by atoms with van der Waals surface area (Å²) in [5, 5.41) is 5.28. The van der Waals surface area contributed by atoms with Crippen LogP contribution < -0.4 is 16.4 Å². The van der Waals surface area contributed by atoms with Crippen LogP contribution >= 0.6 is 0 Å². The number of aromatic nitrogens is 4. The Balaban J connectivity index is 0.000000216. The van der Waals surface area contributed by atoms with Gasteiger partial charge in [-0.05, 0) is 13.8 Å². The number of nitrogens with zero attached hydrogens (tertiary/aromatic N) is 4. The summed E-state index contributed by atoms with van der Waals surface area (Å²) in [6.45, 7) is 4.35. The van der Waals surface area contributed by atoms with Crippen LogP contribution in [0.2, 0.25) is 0 Å². The zero-order chi connectivity index (χ0) is 28.7. The zero-order valence-electron chi connectivity index (χ0n) is 22.0. The first kappa shape index (κ1) is 29.2. The molecule has 0 spiro atoms. The Hall–Kier alpha value is -4.40. The van der Waals surface area contributed by atoms with Gasteiger partial charge in [-0.25, -0.2) is 9.97 Å². The highest BCUT2D eigenvalue weighted by atomic mass is 16.2. The first-order valence-electron chi connectivity index (χ1n) is 12.3. The SMILES string of the molecule is CC(=O)C1CN(C(=O)CN)C(Cc2cnc[nH]2)C(=O)N1.CC(=O)C1CN(C(C)=O)C(Cc2cnc[nH]2)C(=O)N1. The molecule has 6 N–H and O–H groups in total. The number of ketones is 2. The van der Waals surface area contributed by atoms with Crippen molar-refractivity contribution < 1.29 is 28.8 Å². The average Bonchev–Trinajstić information content (AvgIpc) is 3.60. The predicted octanol–water partition coefficient (Wildman–Crippen LogP) is -2.55. The van der Waals surface area contributed by atoms with E-state index in [0.29, 0.717) is 12.8 Å². The molecule has 4 atom stereocenters. The molecule has 210 valence electrons. The van der Waals surface area contributed by atoms with Crippen molar-refractivity contribution in [1.82, 2.24) is 40.4 Å². The smallest absolute Gasteiger partial charge is 0.243 e. The predicted molar refractivity (Wildman–Crippen MR) is 136 cm³/mol. The lowest BCUT2D eigenvalue weighted by molar-refractivity contribution is -0.145. The van der Waals surface area contributed by atoms with Gasteiger partial charge in [-0.3, -0.25) is 28.8 Å². The number of hydrogen-bond donors (Lipinski definition) is 5. The molecule has 0 aliphatic carbocycles. The van der Waals surface area contributed by atoms with Crippen molar-refractivity contribution in [2.45, 2.75) is 57.8 Å². The van der Waals surface area contributed by atoms with Crippen molar-refractivity contribution >= 4 is 35.2 Å². The number of hydrogen-bond acceptors (Lipinski definition) is 9. The van der Waals surface area contributed by atoms with Gasteiger partial charge >= 0.3 is 0 Å². The number of piperazine rings is 2. The van der Waals surface area contributed by atoms with Gasteiger partial charge in [0.1, 0.15) is 24.2 Å². The van der Waals surface area contributed by atoms with Gasteiger partial charge in [-0.2, -0.15) is 0 Å². The maximum absolute atomic E-state index is 12.1. The molecule has 39 heavy (non-hydrogen) atoms. The van der Waals surface area contributed by atoms with E-state index in [0.717, 1.165) is 11.4 Å². The summed E-state index contributed by atoms with van der Waals surface area (Å²) in [4.78, 5) is 86.9. The molecular formula is C24H33N9O6. The number of rotatable bonds is 7. The van der Waals surface area contributed by atoms with Gasteiger partial charge in [0.15, 0.2) is 11.6 Å². The topological polar surface area (TPSA) is 216 Å². The van der Waals surface area contributed by atoms with E-state index in [1.165, 1.54) is 43.2 Å². The maximum atomic E-state index is 12.1. The number of aromatic amines is 2. The van der Waals surface area contributed by atoms with Crippen molar-refractivity contribution in [1.29, 1.82) is 0 Å². The second-order valence-electron chi connectivity index (χ2n) is 9.36. The lowest BCUT2D eigenvalue weighted by Gasteiger charge is -2.38. The Morgan fingerprint density at radius 2 is 1.26 bits per heavy atom. The molecule has 4 amide bonds. The summed E-state index contributed by atoms with van der Waals surface area (Å²) in [5.41, 5.74) is 6.89. The Morgan fingerprint density at radius 1 is 0.821 bits per heavy atom. The third-order valence-corrected chi connectivity index (χ3v) is 6.57. The highest BCUT2D eigenvalue weighted by Gasteiger charge is 2.39. The molecule has 0 saturated carbocycles. The zero-order valence-corrected chi connectivity index (χ0v) is 22.0. The number of carbonyl (C=O) groups excluding carboxylic acids is 6. The van der Waals surface area contributed by atoms with E-state index in [1.807, 2.05) is 0 Å². The number of nitrogens with one attached hydrogen (secondary N) is 4. The van der Waals surface area contributed by atoms with Gasteiger partial charge in [0.25, 0.3) is 0 Å². The van der Waals surface area contributed by atoms with Crippen LogP contribution in [-0.2, 0) is 41.6 Å². The van der Waals surface area contributed by atoms with Gasteiger partial charge in [0.05, 0.1) is 19.2 Å². The standard InChI is InChI=1S/C12H17N5O3.C12H16N4O3/c1-7(18)9-5-17(11(19)3-13)10(12(20)16-9)2-8-4-14-6-15-8;1-7(17)10-5-16(8(2)18)11(12(19)15-10)3-9-4-13-6-14-9/h4,6,9-10H,2-3,5,13H2,1H3,(H,14,15)(H,16,20);4,6,10-11H,3,5H2,1-2H3,(H,13,14)(H,15,19). The van der Waals surface area contributed by atoms with Crippen LogP contribution in [0.25, 0.3) is 0 Å². The second-order valence-corrected chi connectivity index (χ2v) is 9.36. The van der Waals surface area contributed by atoms with Crippen molar-refractivity contribution in [2.75, 3.05) is 19.6 Å². The second kappa shape index (κ2) is 12.9. The molecule has 4 unspecified atom stereocenters. The minimum Gasteiger partial charge on any atom is -0.348 e. The van der Waals surface area contributed by atoms with Crippen LogP contribution in [0.1, 0.15) is 32.2 Å². The summed E-state index contributed by atoms with van der Waals surface area (Å²) >= 11 is 0. The number of carbonyl (C=O) groups is 6. The lowest BCUT2D eigenvalue weighted by Crippen LogP contribution is -2.64. The molecule has 2 aromatic rings. The fraction of sp³-hybridized carbons (Fsp3) is 0.500. The molecule has 15 nitrogen and oxygen atoms in total. The van der Waals surface area contributed by atoms with E-state index in [1.54, 1.807) is 12.4 Å². The molecule has 4 rings (SSSR count). The maximum Gasteiger partial charge on any atom is 0.243 e. The first-order valence-corrected chi connectivity index (χ1v) is 12.3. The van der Waals surface area contributed by atoms with E-state index in [4.69, 9.17) is 5.73 Å². The quantitative estimate of drug-likeness (QED) is 0.248. The summed E-state index contributed by atoms with van der Waals surface area (Å²) in [5.74, 6) is -1.57. The molecule has 2 fully saturated rings. The Kier molecular flexibility index (Phi) is 9.65. The Morgan fingerprint density at radius 3 is 1.62 bits per heavy atom. The third kappa shape index (κ3) is 7.34. The van der Waals surface area contributed by atoms with E-state index in [9.17, 15) is 28.8 Å². The molecule has 2 aliphatic rings. The third-order valence-electron chi connectivity index (χ3n) is 6.57. The van der Waals surface area contributed by atoms with E-state index >= 15 is 0 Å². The van der Waals surface area contributed by atoms with Gasteiger partial charge in [0.2, 0.25) is 23.6 Å². The van der Waals surface area contributed by atoms with Crippen molar-refractivity contribution in [3.05, 3.63) is 36.4 Å². The van der Waals surface area contributed by atoms with Crippen LogP contribution in [0.4, 0.5) is 0 Å². The minimum atomic E-state index is -0.679. The van der Waals surface area contributed by atoms with Crippen LogP contribution in [0, 0.1) is 0 Å². The Labute approximate surface area is 224 Å². The summed E-state index contributed by atoms with van der Waals surface area (Å²) in [6.07, 6.45) is 6.90. The molecule has 15 heteroatoms. The van der Waals surface area contributed by atoms with Crippen LogP contribution in [0.15, 0.2) is 25.0 Å². The summed E-state index contributed by atoms with van der Waals surface area (Å²) < 4.78 is 0. The van der Waals surface area contributed by atoms with Crippen LogP contribution in [0.3, 0.4) is 0 Å². The highest BCUT2D eigenvalue weighted by Crippen LogP contribution is 2.15. The fourth-order valence-corrected chi connectivity index (χ4v) is 4.37. The van der Waals surface area contributed by atoms with Gasteiger partial charge in [-0.1, -0.05) is 0 Å². The largest absolute Gasteiger partial charge is 0.348 e. The minimum absolute atomic E-state index is 0.149. The normalized spacial score (nSPS) is 22.8. The molecule has 2 aliphatic heterocycles. The van der Waals surface area contributed by atoms with Gasteiger partial charge in [0, 0.05) is 56.6 Å². The summed E-state index contributed by atoms with van der Waals surface area (Å²) in [7, 11) is 0. The van der Waals surface area contributed by atoms with E-state index in [2.05, 4.69) is 30.6 Å². The Bertz CT molecular complexity index is 1200. The molecule has 4 heterocycles. The fourth-order valence-electron chi connectivity index (χ4n) is 4.37. The monoisotopic (exact) mass is 543 g/mol. The number of nitrogens with two attached hydrogens (primary N) is 1. The molecule has 0 aromatic carbocycles. The first-order chi connectivity index (χ1) is 18.5. The number of H-pyrrole nitrogens is 2. The number of amides is 4. The number of imidazole rings is 2. The molecule has 2 aromatic heterocycles.